The topological polar surface area (TPSA) is 274 Å². The van der Waals surface area contributed by atoms with Gasteiger partial charge in [0, 0.05) is 31.8 Å². The molecular weight excluding hydrogens is 1440 g/mol. The molecule has 2 rings (SSSR count). The molecule has 111 heavy (non-hydrogen) atoms. The first kappa shape index (κ1) is 101. The lowest BCUT2D eigenvalue weighted by molar-refractivity contribution is -0.380. The van der Waals surface area contributed by atoms with Crippen LogP contribution in [0.2, 0.25) is 0 Å². The average Bonchev–Trinajstić information content (AvgIpc) is 0.709. The fourth-order valence-corrected chi connectivity index (χ4v) is 11.4. The van der Waals surface area contributed by atoms with Crippen molar-refractivity contribution in [2.75, 3.05) is 145 Å². The SMILES string of the molecule is CCCOc1c(OC(=O)C(=C(OCC)OCC)C(OCC)(OCCC)OCCC)c(OCCC)c(OC(OCC)(OCC)C(C)OCC)c(C(C)(C)c2c(OCCC)c(OCCC)c(OC(=O)C(=C(OCC)OCC)C(OCC)(OCCC)OCCC)c(OCCC)c2OC(OCC)(OCC)C(C)OCC)c1OCCC. The van der Waals surface area contributed by atoms with E-state index in [0.717, 1.165) is 0 Å². The molecule has 0 bridgehead atoms. The number of hydrogen-bond donors (Lipinski definition) is 0. The Labute approximate surface area is 664 Å². The van der Waals surface area contributed by atoms with E-state index in [0.29, 0.717) is 64.2 Å². The summed E-state index contributed by atoms with van der Waals surface area (Å²) >= 11 is 0. The minimum absolute atomic E-state index is 0.00604. The zero-order chi connectivity index (χ0) is 83.1. The average molecular weight is 1590 g/mol. The Kier molecular flexibility index (Phi) is 49.8. The molecule has 0 aliphatic carbocycles. The highest BCUT2D eigenvalue weighted by atomic mass is 16.9. The molecule has 0 spiro atoms. The van der Waals surface area contributed by atoms with Gasteiger partial charge in [0.15, 0.2) is 23.0 Å². The second kappa shape index (κ2) is 54.7. The standard InChI is InChI=1S/C83H144O28/c1-27-49-92-65-61(67(110-80(98-43-17,99-44-18)59(23)86-37-11)71(96-53-31-5)73(69(65)94-51-29-3)108-75(84)63(77(88-39-13)89-40-14)82(102-47-21,104-55-33-7)105-56-34-8)79(25,26)62-66(93-50-28-2)70(95-52-30-4)74(72(97-54-32-6)68(62)111-81(100-45-19,101-46-20)60(24)87-38-12)109-76(85)64(78(90-41-15)91-42-16)83(103-48-22,106-57-35-9)107-58-36-10/h59-60H,27-58H2,1-26H3. The second-order valence-electron chi connectivity index (χ2n) is 25.3. The number of benzene rings is 2. The highest BCUT2D eigenvalue weighted by molar-refractivity contribution is 5.95. The summed E-state index contributed by atoms with van der Waals surface area (Å²) in [5.74, 6) is -13.9. The van der Waals surface area contributed by atoms with Crippen molar-refractivity contribution in [1.82, 2.24) is 0 Å². The first-order chi connectivity index (χ1) is 53.5. The summed E-state index contributed by atoms with van der Waals surface area (Å²) in [6, 6.07) is 0. The zero-order valence-corrected chi connectivity index (χ0v) is 72.7. The van der Waals surface area contributed by atoms with Crippen LogP contribution in [0.1, 0.15) is 255 Å². The zero-order valence-electron chi connectivity index (χ0n) is 72.7. The second-order valence-corrected chi connectivity index (χ2v) is 25.3. The van der Waals surface area contributed by atoms with E-state index in [1.54, 1.807) is 83.1 Å². The first-order valence-corrected chi connectivity index (χ1v) is 41.2. The van der Waals surface area contributed by atoms with Crippen molar-refractivity contribution in [3.05, 3.63) is 34.2 Å². The lowest BCUT2D eigenvalue weighted by Gasteiger charge is -2.42. The van der Waals surface area contributed by atoms with Crippen LogP contribution in [0.15, 0.2) is 23.0 Å². The molecule has 28 nitrogen and oxygen atoms in total. The van der Waals surface area contributed by atoms with Gasteiger partial charge in [-0.15, -0.1) is 0 Å². The van der Waals surface area contributed by atoms with Crippen molar-refractivity contribution in [1.29, 1.82) is 0 Å². The highest BCUT2D eigenvalue weighted by Gasteiger charge is 2.55. The maximum absolute atomic E-state index is 16.5. The van der Waals surface area contributed by atoms with Crippen molar-refractivity contribution in [3.63, 3.8) is 0 Å². The van der Waals surface area contributed by atoms with E-state index in [9.17, 15) is 0 Å². The predicted molar refractivity (Wildman–Crippen MR) is 421 cm³/mol. The largest absolute Gasteiger partial charge is 0.489 e. The molecule has 0 saturated heterocycles. The lowest BCUT2D eigenvalue weighted by Crippen LogP contribution is -2.53. The molecular formula is C83H144O28. The van der Waals surface area contributed by atoms with Gasteiger partial charge in [-0.2, -0.15) is 0 Å². The van der Waals surface area contributed by atoms with Crippen LogP contribution in [0.3, 0.4) is 0 Å². The molecule has 0 radical (unpaired) electrons. The minimum Gasteiger partial charge on any atom is -0.489 e. The van der Waals surface area contributed by atoms with Gasteiger partial charge in [0.25, 0.3) is 11.9 Å². The molecule has 0 aromatic heterocycles. The Hall–Kier alpha value is -6.02. The third-order valence-electron chi connectivity index (χ3n) is 15.8. The summed E-state index contributed by atoms with van der Waals surface area (Å²) in [5.41, 5.74) is -2.50. The maximum atomic E-state index is 16.5. The van der Waals surface area contributed by atoms with Gasteiger partial charge in [0.05, 0.1) is 130 Å². The van der Waals surface area contributed by atoms with Crippen LogP contribution < -0.4 is 47.4 Å². The molecule has 2 unspecified atom stereocenters. The van der Waals surface area contributed by atoms with Crippen LogP contribution >= 0.6 is 0 Å². The van der Waals surface area contributed by atoms with Crippen molar-refractivity contribution in [2.24, 2.45) is 0 Å². The van der Waals surface area contributed by atoms with Crippen molar-refractivity contribution >= 4 is 11.9 Å². The summed E-state index contributed by atoms with van der Waals surface area (Å²) in [7, 11) is 0. The van der Waals surface area contributed by atoms with E-state index in [4.69, 9.17) is 123 Å². The smallest absolute Gasteiger partial charge is 0.355 e. The van der Waals surface area contributed by atoms with Crippen molar-refractivity contribution < 1.29 is 133 Å². The number of rotatable bonds is 68. The fraction of sp³-hybridized carbons (Fsp3) is 0.783. The molecule has 0 amide bonds. The fourth-order valence-electron chi connectivity index (χ4n) is 11.4. The van der Waals surface area contributed by atoms with Gasteiger partial charge < -0.3 is 123 Å². The van der Waals surface area contributed by atoms with Gasteiger partial charge >= 0.3 is 35.8 Å². The number of carbonyl (C=O) groups is 2. The first-order valence-electron chi connectivity index (χ1n) is 41.2. The van der Waals surface area contributed by atoms with Gasteiger partial charge in [-0.25, -0.2) is 9.59 Å². The molecule has 2 aromatic rings. The Morgan fingerprint density at radius 1 is 0.270 bits per heavy atom. The summed E-state index contributed by atoms with van der Waals surface area (Å²) in [5, 5.41) is 0. The van der Waals surface area contributed by atoms with Gasteiger partial charge in [0.1, 0.15) is 12.2 Å². The van der Waals surface area contributed by atoms with Crippen LogP contribution in [-0.2, 0) is 90.8 Å². The number of carbonyl (C=O) groups excluding carboxylic acids is 2. The van der Waals surface area contributed by atoms with Crippen LogP contribution in [0.5, 0.6) is 57.5 Å². The maximum Gasteiger partial charge on any atom is 0.355 e. The Morgan fingerprint density at radius 2 is 0.505 bits per heavy atom. The van der Waals surface area contributed by atoms with Crippen LogP contribution in [-0.4, -0.2) is 193 Å². The van der Waals surface area contributed by atoms with E-state index in [2.05, 4.69) is 0 Å². The van der Waals surface area contributed by atoms with Crippen molar-refractivity contribution in [2.45, 2.75) is 286 Å². The summed E-state index contributed by atoms with van der Waals surface area (Å²) < 4.78 is 177. The van der Waals surface area contributed by atoms with E-state index in [1.165, 1.54) is 0 Å². The van der Waals surface area contributed by atoms with Gasteiger partial charge in [0.2, 0.25) is 45.6 Å². The summed E-state index contributed by atoms with van der Waals surface area (Å²) in [6.07, 6.45) is 2.16. The number of esters is 2. The Bertz CT molecular complexity index is 2750. The summed E-state index contributed by atoms with van der Waals surface area (Å²) in [6.45, 7) is 47.9. The predicted octanol–water partition coefficient (Wildman–Crippen LogP) is 17.3. The molecule has 28 heteroatoms. The lowest BCUT2D eigenvalue weighted by atomic mass is 9.75. The van der Waals surface area contributed by atoms with Gasteiger partial charge in [-0.3, -0.25) is 0 Å². The molecule has 0 N–H and O–H groups in total. The van der Waals surface area contributed by atoms with Crippen LogP contribution in [0.4, 0.5) is 0 Å². The van der Waals surface area contributed by atoms with Crippen LogP contribution in [0.25, 0.3) is 0 Å². The normalized spacial score (nSPS) is 12.6. The van der Waals surface area contributed by atoms with Crippen molar-refractivity contribution in [3.8, 4) is 57.5 Å². The van der Waals surface area contributed by atoms with E-state index in [1.807, 2.05) is 96.9 Å². The van der Waals surface area contributed by atoms with E-state index < -0.39 is 64.6 Å². The van der Waals surface area contributed by atoms with E-state index >= 15 is 9.59 Å². The molecule has 0 fully saturated rings. The van der Waals surface area contributed by atoms with Crippen LogP contribution in [0, 0.1) is 0 Å². The van der Waals surface area contributed by atoms with E-state index in [-0.39, 0.29) is 226 Å². The monoisotopic (exact) mass is 1590 g/mol. The number of ether oxygens (including phenoxy) is 26. The molecule has 0 heterocycles. The quantitative estimate of drug-likeness (QED) is 0.0196. The summed E-state index contributed by atoms with van der Waals surface area (Å²) in [4.78, 5) is 33.1. The minimum atomic E-state index is -2.30. The molecule has 0 saturated carbocycles. The molecule has 2 aromatic carbocycles. The molecule has 2 atom stereocenters. The number of hydrogen-bond acceptors (Lipinski definition) is 28. The molecule has 644 valence electrons. The third kappa shape index (κ3) is 27.6. The third-order valence-corrected chi connectivity index (χ3v) is 15.8. The molecule has 0 aliphatic rings. The Balaban J connectivity index is 4.47. The highest BCUT2D eigenvalue weighted by Crippen LogP contribution is 2.65. The van der Waals surface area contributed by atoms with Gasteiger partial charge in [-0.1, -0.05) is 83.1 Å². The van der Waals surface area contributed by atoms with Gasteiger partial charge in [-0.05, 0) is 161 Å². The Morgan fingerprint density at radius 3 is 0.721 bits per heavy atom. The molecule has 0 aliphatic heterocycles.